The summed E-state index contributed by atoms with van der Waals surface area (Å²) in [4.78, 5) is 19.8. The van der Waals surface area contributed by atoms with Crippen LogP contribution in [0.1, 0.15) is 34.6 Å². The van der Waals surface area contributed by atoms with Gasteiger partial charge in [-0.3, -0.25) is 4.98 Å². The second kappa shape index (κ2) is 7.70. The zero-order valence-electron chi connectivity index (χ0n) is 15.6. The van der Waals surface area contributed by atoms with Gasteiger partial charge >= 0.3 is 5.97 Å². The van der Waals surface area contributed by atoms with Crippen LogP contribution in [0.3, 0.4) is 0 Å². The molecule has 1 aliphatic carbocycles. The highest BCUT2D eigenvalue weighted by atomic mass is 32.1. The molecule has 3 heterocycles. The molecule has 1 fully saturated rings. The number of pyridine rings is 1. The van der Waals surface area contributed by atoms with E-state index in [0.29, 0.717) is 28.8 Å². The van der Waals surface area contributed by atoms with Crippen molar-refractivity contribution in [1.29, 1.82) is 0 Å². The number of carbonyl (C=O) groups is 1. The van der Waals surface area contributed by atoms with E-state index in [0.717, 1.165) is 30.6 Å². The molecule has 0 aromatic carbocycles. The first-order valence-electron chi connectivity index (χ1n) is 8.99. The Labute approximate surface area is 169 Å². The number of carbonyl (C=O) groups excluding carboxylic acids is 1. The van der Waals surface area contributed by atoms with Crippen LogP contribution in [-0.4, -0.2) is 44.9 Å². The van der Waals surface area contributed by atoms with Crippen LogP contribution < -0.4 is 5.32 Å². The predicted molar refractivity (Wildman–Crippen MR) is 104 cm³/mol. The summed E-state index contributed by atoms with van der Waals surface area (Å²) in [6.45, 7) is 0.499. The number of ether oxygens (including phenoxy) is 1. The monoisotopic (exact) mass is 415 g/mol. The molecule has 0 saturated heterocycles. The maximum Gasteiger partial charge on any atom is 0.353 e. The van der Waals surface area contributed by atoms with Crippen LogP contribution in [0, 0.1) is 5.82 Å². The average molecular weight is 415 g/mol. The van der Waals surface area contributed by atoms with Crippen LogP contribution in [0.15, 0.2) is 30.5 Å². The summed E-state index contributed by atoms with van der Waals surface area (Å²) in [5, 5.41) is 21.6. The molecular weight excluding hydrogens is 397 g/mol. The fourth-order valence-corrected chi connectivity index (χ4v) is 4.17. The van der Waals surface area contributed by atoms with Crippen molar-refractivity contribution < 1.29 is 19.0 Å². The van der Waals surface area contributed by atoms with Gasteiger partial charge < -0.3 is 15.2 Å². The Balaban J connectivity index is 1.48. The number of hydrogen-bond donors (Lipinski definition) is 2. The molecular formula is C19H18FN5O3S. The summed E-state index contributed by atoms with van der Waals surface area (Å²) < 4.78 is 18.8. The molecule has 1 saturated carbocycles. The summed E-state index contributed by atoms with van der Waals surface area (Å²) in [6.07, 6.45) is 4.35. The van der Waals surface area contributed by atoms with E-state index in [1.54, 1.807) is 24.4 Å². The molecule has 3 aromatic rings. The van der Waals surface area contributed by atoms with Crippen LogP contribution in [0.4, 0.5) is 10.2 Å². The second-order valence-electron chi connectivity index (χ2n) is 6.79. The zero-order valence-corrected chi connectivity index (χ0v) is 16.4. The minimum absolute atomic E-state index is 0.0100. The lowest BCUT2D eigenvalue weighted by molar-refractivity contribution is 0.0603. The van der Waals surface area contributed by atoms with Gasteiger partial charge in [0.15, 0.2) is 4.88 Å². The lowest BCUT2D eigenvalue weighted by Gasteiger charge is -2.41. The first-order valence-corrected chi connectivity index (χ1v) is 9.81. The van der Waals surface area contributed by atoms with Gasteiger partial charge in [-0.15, -0.1) is 21.5 Å². The summed E-state index contributed by atoms with van der Waals surface area (Å²) >= 11 is 0.972. The van der Waals surface area contributed by atoms with Crippen LogP contribution in [0.25, 0.3) is 10.7 Å². The number of aromatic hydroxyl groups is 1. The molecule has 0 spiro atoms. The third-order valence-corrected chi connectivity index (χ3v) is 6.09. The molecule has 0 aliphatic heterocycles. The summed E-state index contributed by atoms with van der Waals surface area (Å²) in [5.74, 6) is -0.819. The fraction of sp³-hybridized carbons (Fsp3) is 0.316. The molecule has 10 heteroatoms. The van der Waals surface area contributed by atoms with Crippen LogP contribution in [-0.2, 0) is 10.2 Å². The maximum absolute atomic E-state index is 14.2. The van der Waals surface area contributed by atoms with Gasteiger partial charge in [0.1, 0.15) is 22.3 Å². The minimum atomic E-state index is -0.662. The first kappa shape index (κ1) is 19.2. The van der Waals surface area contributed by atoms with Gasteiger partial charge in [0.25, 0.3) is 0 Å². The Kier molecular flexibility index (Phi) is 5.10. The highest BCUT2D eigenvalue weighted by molar-refractivity contribution is 7.17. The number of nitrogens with zero attached hydrogens (tertiary/aromatic N) is 4. The third kappa shape index (κ3) is 3.63. The van der Waals surface area contributed by atoms with Crippen molar-refractivity contribution in [2.75, 3.05) is 19.0 Å². The summed E-state index contributed by atoms with van der Waals surface area (Å²) in [6, 6.07) is 6.43. The Morgan fingerprint density at radius 1 is 1.34 bits per heavy atom. The van der Waals surface area contributed by atoms with E-state index < -0.39 is 11.8 Å². The topological polar surface area (TPSA) is 110 Å². The van der Waals surface area contributed by atoms with E-state index in [1.165, 1.54) is 13.2 Å². The highest BCUT2D eigenvalue weighted by Gasteiger charge is 2.41. The van der Waals surface area contributed by atoms with E-state index in [-0.39, 0.29) is 16.1 Å². The van der Waals surface area contributed by atoms with E-state index in [1.807, 2.05) is 0 Å². The largest absolute Gasteiger partial charge is 0.492 e. The number of aromatic nitrogens is 4. The maximum atomic E-state index is 14.2. The van der Waals surface area contributed by atoms with Crippen molar-refractivity contribution in [2.24, 2.45) is 0 Å². The van der Waals surface area contributed by atoms with Crippen LogP contribution in [0.5, 0.6) is 5.88 Å². The van der Waals surface area contributed by atoms with Gasteiger partial charge in [-0.2, -0.15) is 4.98 Å². The Hall–Kier alpha value is -3.14. The normalized spacial score (nSPS) is 14.8. The lowest BCUT2D eigenvalue weighted by Crippen LogP contribution is -2.42. The highest BCUT2D eigenvalue weighted by Crippen LogP contribution is 2.43. The number of halogens is 1. The molecule has 2 N–H and O–H groups in total. The van der Waals surface area contributed by atoms with E-state index in [9.17, 15) is 14.3 Å². The molecule has 0 unspecified atom stereocenters. The molecule has 3 aromatic heterocycles. The molecule has 1 aliphatic rings. The number of anilines is 1. The van der Waals surface area contributed by atoms with Gasteiger partial charge in [0.2, 0.25) is 5.88 Å². The van der Waals surface area contributed by atoms with Crippen molar-refractivity contribution in [3.63, 3.8) is 0 Å². The van der Waals surface area contributed by atoms with Crippen molar-refractivity contribution >= 4 is 23.1 Å². The molecule has 4 rings (SSSR count). The lowest BCUT2D eigenvalue weighted by atomic mass is 9.66. The van der Waals surface area contributed by atoms with Gasteiger partial charge in [-0.05, 0) is 37.1 Å². The molecule has 0 radical (unpaired) electrons. The Bertz CT molecular complexity index is 1040. The molecule has 150 valence electrons. The Morgan fingerprint density at radius 2 is 2.17 bits per heavy atom. The third-order valence-electron chi connectivity index (χ3n) is 5.04. The van der Waals surface area contributed by atoms with Gasteiger partial charge in [0.05, 0.1) is 12.8 Å². The predicted octanol–water partition coefficient (Wildman–Crippen LogP) is 3.16. The first-order chi connectivity index (χ1) is 14.0. The second-order valence-corrected chi connectivity index (χ2v) is 7.79. The number of methoxy groups -OCH3 is 1. The Morgan fingerprint density at radius 3 is 2.79 bits per heavy atom. The SMILES string of the molecule is COC(=O)c1sc(-c2ccc(NCC3(c4ncccc4F)CCC3)nn2)nc1O. The number of thiazole rings is 1. The molecule has 0 bridgehead atoms. The molecule has 29 heavy (non-hydrogen) atoms. The molecule has 8 nitrogen and oxygen atoms in total. The minimum Gasteiger partial charge on any atom is -0.492 e. The summed E-state index contributed by atoms with van der Waals surface area (Å²) in [7, 11) is 1.23. The van der Waals surface area contributed by atoms with Crippen LogP contribution >= 0.6 is 11.3 Å². The quantitative estimate of drug-likeness (QED) is 0.591. The van der Waals surface area contributed by atoms with Crippen molar-refractivity contribution in [2.45, 2.75) is 24.7 Å². The number of esters is 1. The summed E-state index contributed by atoms with van der Waals surface area (Å²) in [5.41, 5.74) is 0.555. The van der Waals surface area contributed by atoms with E-state index >= 15 is 0 Å². The van der Waals surface area contributed by atoms with Crippen molar-refractivity contribution in [3.05, 3.63) is 46.9 Å². The average Bonchev–Trinajstić information content (AvgIpc) is 3.10. The van der Waals surface area contributed by atoms with Crippen molar-refractivity contribution in [1.82, 2.24) is 20.2 Å². The van der Waals surface area contributed by atoms with Gasteiger partial charge in [-0.25, -0.2) is 9.18 Å². The smallest absolute Gasteiger partial charge is 0.353 e. The zero-order chi connectivity index (χ0) is 20.4. The number of rotatable bonds is 6. The number of hydrogen-bond acceptors (Lipinski definition) is 9. The van der Waals surface area contributed by atoms with Crippen molar-refractivity contribution in [3.8, 4) is 16.6 Å². The van der Waals surface area contributed by atoms with E-state index in [4.69, 9.17) is 0 Å². The van der Waals surface area contributed by atoms with Gasteiger partial charge in [-0.1, -0.05) is 6.42 Å². The molecule has 0 atom stereocenters. The van der Waals surface area contributed by atoms with Gasteiger partial charge in [0, 0.05) is 18.2 Å². The fourth-order valence-electron chi connectivity index (χ4n) is 3.32. The van der Waals surface area contributed by atoms with E-state index in [2.05, 4.69) is 30.2 Å². The van der Waals surface area contributed by atoms with Crippen LogP contribution in [0.2, 0.25) is 0 Å². The molecule has 0 amide bonds. The standard InChI is InChI=1S/C19H18FN5O3S/c1-28-18(27)14-16(26)23-17(29-14)12-5-6-13(25-24-12)22-10-19(7-3-8-19)15-11(20)4-2-9-21-15/h2,4-6,9,26H,3,7-8,10H2,1H3,(H,22,25). The number of nitrogens with one attached hydrogen (secondary N) is 1.